The normalized spacial score (nSPS) is 20.4. The minimum Gasteiger partial charge on any atom is -0.393 e. The van der Waals surface area contributed by atoms with E-state index in [0.29, 0.717) is 11.1 Å². The van der Waals surface area contributed by atoms with Crippen LogP contribution in [0.2, 0.25) is 0 Å². The lowest BCUT2D eigenvalue weighted by atomic mass is 9.89. The molecule has 38 heavy (non-hydrogen) atoms. The van der Waals surface area contributed by atoms with Gasteiger partial charge in [0.1, 0.15) is 17.2 Å². The number of aromatic nitrogens is 1. The first-order valence-corrected chi connectivity index (χ1v) is 12.9. The smallest absolute Gasteiger partial charge is 0.321 e. The number of aliphatic hydroxyl groups is 1. The molecule has 5 rings (SSSR count). The largest absolute Gasteiger partial charge is 0.393 e. The number of halogens is 2. The monoisotopic (exact) mass is 518 g/mol. The quantitative estimate of drug-likeness (QED) is 0.516. The molecule has 0 radical (unpaired) electrons. The van der Waals surface area contributed by atoms with Crippen molar-refractivity contribution in [1.29, 1.82) is 0 Å². The Balaban J connectivity index is 1.38. The molecule has 0 spiro atoms. The van der Waals surface area contributed by atoms with Crippen molar-refractivity contribution in [1.82, 2.24) is 19.7 Å². The third-order valence-electron chi connectivity index (χ3n) is 7.81. The Hall–Kier alpha value is -3.62. The number of urea groups is 1. The SMILES string of the molecule is CN(C(=O)N1CC(c2cc(F)ccc2F)=CC1(CO)c1ccccc1)C1CCN(Cc2ccncc2)CC1. The van der Waals surface area contributed by atoms with Gasteiger partial charge in [-0.3, -0.25) is 9.88 Å². The Morgan fingerprint density at radius 1 is 1.08 bits per heavy atom. The highest BCUT2D eigenvalue weighted by atomic mass is 19.1. The predicted molar refractivity (Wildman–Crippen MR) is 142 cm³/mol. The molecule has 2 aliphatic rings. The number of likely N-dealkylation sites (tertiary alicyclic amines) is 1. The molecule has 0 aliphatic carbocycles. The van der Waals surface area contributed by atoms with Gasteiger partial charge >= 0.3 is 6.03 Å². The third-order valence-corrected chi connectivity index (χ3v) is 7.81. The third kappa shape index (κ3) is 5.06. The highest BCUT2D eigenvalue weighted by Crippen LogP contribution is 2.41. The summed E-state index contributed by atoms with van der Waals surface area (Å²) in [5, 5.41) is 10.7. The maximum Gasteiger partial charge on any atom is 0.321 e. The fourth-order valence-corrected chi connectivity index (χ4v) is 5.61. The van der Waals surface area contributed by atoms with Crippen molar-refractivity contribution < 1.29 is 18.7 Å². The Bertz CT molecular complexity index is 1300. The van der Waals surface area contributed by atoms with Crippen LogP contribution in [0.15, 0.2) is 79.1 Å². The van der Waals surface area contributed by atoms with Gasteiger partial charge in [-0.2, -0.15) is 0 Å². The molecule has 8 heteroatoms. The summed E-state index contributed by atoms with van der Waals surface area (Å²) < 4.78 is 28.8. The van der Waals surface area contributed by atoms with E-state index in [1.54, 1.807) is 35.3 Å². The van der Waals surface area contributed by atoms with Gasteiger partial charge in [-0.25, -0.2) is 13.6 Å². The second-order valence-electron chi connectivity index (χ2n) is 10.1. The van der Waals surface area contributed by atoms with Crippen LogP contribution >= 0.6 is 0 Å². The average Bonchev–Trinajstić information content (AvgIpc) is 3.36. The molecule has 0 saturated carbocycles. The van der Waals surface area contributed by atoms with Crippen LogP contribution in [0.25, 0.3) is 5.57 Å². The summed E-state index contributed by atoms with van der Waals surface area (Å²) in [5.41, 5.74) is 1.29. The number of nitrogens with zero attached hydrogens (tertiary/aromatic N) is 4. The van der Waals surface area contributed by atoms with E-state index in [1.165, 1.54) is 5.56 Å². The van der Waals surface area contributed by atoms with E-state index in [2.05, 4.69) is 9.88 Å². The zero-order valence-corrected chi connectivity index (χ0v) is 21.4. The zero-order chi connectivity index (χ0) is 26.7. The summed E-state index contributed by atoms with van der Waals surface area (Å²) in [5.74, 6) is -1.13. The van der Waals surface area contributed by atoms with E-state index in [9.17, 15) is 18.7 Å². The zero-order valence-electron chi connectivity index (χ0n) is 21.4. The van der Waals surface area contributed by atoms with Gasteiger partial charge in [0, 0.05) is 57.2 Å². The van der Waals surface area contributed by atoms with Crippen molar-refractivity contribution in [3.8, 4) is 0 Å². The van der Waals surface area contributed by atoms with E-state index < -0.39 is 17.2 Å². The Kier molecular flexibility index (Phi) is 7.53. The molecule has 1 unspecified atom stereocenters. The number of pyridine rings is 1. The first kappa shape index (κ1) is 26.0. The van der Waals surface area contributed by atoms with Crippen molar-refractivity contribution in [3.63, 3.8) is 0 Å². The summed E-state index contributed by atoms with van der Waals surface area (Å²) in [7, 11) is 1.79. The Morgan fingerprint density at radius 3 is 2.47 bits per heavy atom. The second-order valence-corrected chi connectivity index (χ2v) is 10.1. The fourth-order valence-electron chi connectivity index (χ4n) is 5.61. The van der Waals surface area contributed by atoms with Crippen LogP contribution < -0.4 is 0 Å². The van der Waals surface area contributed by atoms with Crippen molar-refractivity contribution >= 4 is 11.6 Å². The molecule has 1 aromatic heterocycles. The van der Waals surface area contributed by atoms with Crippen LogP contribution in [0.5, 0.6) is 0 Å². The van der Waals surface area contributed by atoms with Gasteiger partial charge < -0.3 is 14.9 Å². The van der Waals surface area contributed by atoms with E-state index in [-0.39, 0.29) is 30.8 Å². The van der Waals surface area contributed by atoms with E-state index in [0.717, 1.165) is 50.7 Å². The maximum atomic E-state index is 14.8. The van der Waals surface area contributed by atoms with Gasteiger partial charge in [0.25, 0.3) is 0 Å². The highest BCUT2D eigenvalue weighted by molar-refractivity contribution is 5.83. The molecule has 1 N–H and O–H groups in total. The highest BCUT2D eigenvalue weighted by Gasteiger charge is 2.46. The van der Waals surface area contributed by atoms with Gasteiger partial charge in [0.2, 0.25) is 0 Å². The van der Waals surface area contributed by atoms with Crippen molar-refractivity contribution in [2.75, 3.05) is 33.3 Å². The van der Waals surface area contributed by atoms with Gasteiger partial charge in [0.15, 0.2) is 0 Å². The molecule has 3 heterocycles. The summed E-state index contributed by atoms with van der Waals surface area (Å²) >= 11 is 0. The van der Waals surface area contributed by atoms with Crippen molar-refractivity contribution in [2.45, 2.75) is 31.0 Å². The van der Waals surface area contributed by atoms with Gasteiger partial charge in [0.05, 0.1) is 6.61 Å². The molecule has 1 atom stereocenters. The van der Waals surface area contributed by atoms with Gasteiger partial charge in [-0.05, 0) is 65.9 Å². The molecule has 198 valence electrons. The molecule has 1 saturated heterocycles. The van der Waals surface area contributed by atoms with Crippen molar-refractivity contribution in [2.24, 2.45) is 0 Å². The van der Waals surface area contributed by atoms with Gasteiger partial charge in [-0.1, -0.05) is 30.3 Å². The molecule has 0 bridgehead atoms. The standard InChI is InChI=1S/C30H32F2N4O2/c1-34(26-11-15-35(16-12-26)19-22-9-13-33-14-10-22)29(38)36-20-23(27-17-25(31)7-8-28(27)32)18-30(36,21-37)24-5-3-2-4-6-24/h2-10,13-14,17-18,26,37H,11-12,15-16,19-21H2,1H3. The lowest BCUT2D eigenvalue weighted by molar-refractivity contribution is 0.0675. The molecule has 2 aliphatic heterocycles. The molecule has 6 nitrogen and oxygen atoms in total. The summed E-state index contributed by atoms with van der Waals surface area (Å²) in [6.07, 6.45) is 6.93. The number of amides is 2. The molecule has 3 aromatic rings. The minimum absolute atomic E-state index is 0.0262. The van der Waals surface area contributed by atoms with Crippen LogP contribution in [0.4, 0.5) is 13.6 Å². The number of hydrogen-bond donors (Lipinski definition) is 1. The predicted octanol–water partition coefficient (Wildman–Crippen LogP) is 4.66. The lowest BCUT2D eigenvalue weighted by Crippen LogP contribution is -2.55. The van der Waals surface area contributed by atoms with Crippen LogP contribution in [0.3, 0.4) is 0 Å². The number of aliphatic hydroxyl groups excluding tert-OH is 1. The van der Waals surface area contributed by atoms with Crippen molar-refractivity contribution in [3.05, 3.63) is 107 Å². The number of hydrogen-bond acceptors (Lipinski definition) is 4. The average molecular weight is 519 g/mol. The molecule has 2 amide bonds. The number of benzene rings is 2. The number of carbonyl (C=O) groups is 1. The van der Waals surface area contributed by atoms with E-state index in [4.69, 9.17) is 0 Å². The Morgan fingerprint density at radius 2 is 1.79 bits per heavy atom. The summed E-state index contributed by atoms with van der Waals surface area (Å²) in [4.78, 5) is 23.8. The maximum absolute atomic E-state index is 14.8. The van der Waals surface area contributed by atoms with E-state index >= 15 is 0 Å². The number of rotatable bonds is 6. The first-order valence-electron chi connectivity index (χ1n) is 12.9. The van der Waals surface area contributed by atoms with Crippen LogP contribution in [-0.4, -0.2) is 70.2 Å². The molecule has 2 aromatic carbocycles. The molecular formula is C30H32F2N4O2. The van der Waals surface area contributed by atoms with Gasteiger partial charge in [-0.15, -0.1) is 0 Å². The second kappa shape index (κ2) is 11.0. The van der Waals surface area contributed by atoms with E-state index in [1.807, 2.05) is 42.5 Å². The van der Waals surface area contributed by atoms with Crippen LogP contribution in [0, 0.1) is 11.6 Å². The number of piperidine rings is 1. The summed E-state index contributed by atoms with van der Waals surface area (Å²) in [6, 6.07) is 16.3. The van der Waals surface area contributed by atoms with Crippen LogP contribution in [0.1, 0.15) is 29.5 Å². The molecule has 1 fully saturated rings. The first-order chi connectivity index (χ1) is 18.4. The molecular weight excluding hydrogens is 486 g/mol. The fraction of sp³-hybridized carbons (Fsp3) is 0.333. The Labute approximate surface area is 221 Å². The topological polar surface area (TPSA) is 59.9 Å². The number of carbonyl (C=O) groups excluding carboxylic acids is 1. The lowest BCUT2D eigenvalue weighted by Gasteiger charge is -2.43. The minimum atomic E-state index is -1.19. The summed E-state index contributed by atoms with van der Waals surface area (Å²) in [6.45, 7) is 2.22. The van der Waals surface area contributed by atoms with Crippen LogP contribution in [-0.2, 0) is 12.1 Å².